The first-order valence-corrected chi connectivity index (χ1v) is 8.50. The smallest absolute Gasteiger partial charge is 0.272 e. The number of carbonyl (C=O) groups excluding carboxylic acids is 1. The largest absolute Gasteiger partial charge is 0.471 e. The van der Waals surface area contributed by atoms with Crippen LogP contribution in [-0.4, -0.2) is 25.5 Å². The number of aryl methyl sites for hydroxylation is 3. The molecule has 0 aliphatic heterocycles. The molecular formula is C18H20ClN5O2. The third-order valence-corrected chi connectivity index (χ3v) is 4.38. The lowest BCUT2D eigenvalue weighted by molar-refractivity contribution is 0.0943. The maximum atomic E-state index is 12.2. The molecule has 0 saturated carbocycles. The predicted octanol–water partition coefficient (Wildman–Crippen LogP) is 2.85. The second kappa shape index (κ2) is 7.61. The molecule has 2 aromatic heterocycles. The summed E-state index contributed by atoms with van der Waals surface area (Å²) < 4.78 is 8.99. The molecule has 0 radical (unpaired) electrons. The molecule has 26 heavy (non-hydrogen) atoms. The molecule has 7 nitrogen and oxygen atoms in total. The van der Waals surface area contributed by atoms with Gasteiger partial charge in [-0.05, 0) is 49.7 Å². The second-order valence-corrected chi connectivity index (χ2v) is 6.42. The van der Waals surface area contributed by atoms with Crippen LogP contribution in [-0.2, 0) is 20.3 Å². The zero-order valence-electron chi connectivity index (χ0n) is 14.9. The van der Waals surface area contributed by atoms with Crippen LogP contribution in [0.1, 0.15) is 27.4 Å². The van der Waals surface area contributed by atoms with Crippen molar-refractivity contribution in [2.24, 2.45) is 7.05 Å². The zero-order chi connectivity index (χ0) is 18.7. The van der Waals surface area contributed by atoms with Crippen molar-refractivity contribution in [3.63, 3.8) is 0 Å². The van der Waals surface area contributed by atoms with Crippen LogP contribution >= 0.6 is 11.6 Å². The average molecular weight is 374 g/mol. The van der Waals surface area contributed by atoms with Crippen molar-refractivity contribution in [3.05, 3.63) is 64.2 Å². The van der Waals surface area contributed by atoms with Gasteiger partial charge in [-0.25, -0.2) is 4.68 Å². The summed E-state index contributed by atoms with van der Waals surface area (Å²) in [6, 6.07) is 9.01. The van der Waals surface area contributed by atoms with Crippen LogP contribution < -0.4 is 10.1 Å². The fraction of sp³-hybridized carbons (Fsp3) is 0.278. The van der Waals surface area contributed by atoms with Gasteiger partial charge < -0.3 is 10.1 Å². The molecule has 0 atom stereocenters. The summed E-state index contributed by atoms with van der Waals surface area (Å²) in [7, 11) is 1.87. The van der Waals surface area contributed by atoms with Crippen LogP contribution in [0.15, 0.2) is 36.5 Å². The highest BCUT2D eigenvalue weighted by atomic mass is 35.5. The van der Waals surface area contributed by atoms with E-state index >= 15 is 0 Å². The number of benzene rings is 1. The average Bonchev–Trinajstić information content (AvgIpc) is 3.21. The number of aromatic nitrogens is 4. The maximum Gasteiger partial charge on any atom is 0.272 e. The third kappa shape index (κ3) is 4.23. The minimum absolute atomic E-state index is 0.202. The lowest BCUT2D eigenvalue weighted by Gasteiger charge is -2.07. The molecule has 0 unspecified atom stereocenters. The monoisotopic (exact) mass is 373 g/mol. The van der Waals surface area contributed by atoms with Crippen molar-refractivity contribution in [2.45, 2.75) is 27.1 Å². The minimum atomic E-state index is -0.255. The SMILES string of the molecule is Cc1cc(OCn2ccc(C(=O)NCc3cc(C)n(C)n3)n2)ccc1Cl. The van der Waals surface area contributed by atoms with Gasteiger partial charge in [-0.15, -0.1) is 0 Å². The van der Waals surface area contributed by atoms with Gasteiger partial charge in [0.15, 0.2) is 6.73 Å². The Kier molecular flexibility index (Phi) is 5.27. The lowest BCUT2D eigenvalue weighted by atomic mass is 10.2. The molecule has 136 valence electrons. The van der Waals surface area contributed by atoms with Crippen molar-refractivity contribution in [3.8, 4) is 5.75 Å². The Balaban J connectivity index is 1.54. The standard InChI is InChI=1S/C18H20ClN5O2/c1-12-8-15(4-5-16(12)19)26-11-24-7-6-17(22-24)18(25)20-10-14-9-13(2)23(3)21-14/h4-9H,10-11H2,1-3H3,(H,20,25). The number of nitrogens with one attached hydrogen (secondary N) is 1. The van der Waals surface area contributed by atoms with E-state index in [1.54, 1.807) is 33.8 Å². The second-order valence-electron chi connectivity index (χ2n) is 6.01. The summed E-state index contributed by atoms with van der Waals surface area (Å²) in [5.74, 6) is 0.438. The fourth-order valence-electron chi connectivity index (χ4n) is 2.39. The van der Waals surface area contributed by atoms with E-state index in [2.05, 4.69) is 15.5 Å². The normalized spacial score (nSPS) is 10.8. The summed E-state index contributed by atoms with van der Waals surface area (Å²) in [6.07, 6.45) is 1.70. The highest BCUT2D eigenvalue weighted by molar-refractivity contribution is 6.31. The lowest BCUT2D eigenvalue weighted by Crippen LogP contribution is -2.24. The highest BCUT2D eigenvalue weighted by Gasteiger charge is 2.11. The molecule has 1 N–H and O–H groups in total. The van der Waals surface area contributed by atoms with Crippen molar-refractivity contribution < 1.29 is 9.53 Å². The van der Waals surface area contributed by atoms with Gasteiger partial charge in [0.05, 0.1) is 12.2 Å². The van der Waals surface area contributed by atoms with E-state index in [0.717, 1.165) is 17.0 Å². The van der Waals surface area contributed by atoms with Gasteiger partial charge >= 0.3 is 0 Å². The summed E-state index contributed by atoms with van der Waals surface area (Å²) in [6.45, 7) is 4.43. The molecule has 0 saturated heterocycles. The van der Waals surface area contributed by atoms with Gasteiger partial charge in [0, 0.05) is 24.0 Å². The Morgan fingerprint density at radius 3 is 2.73 bits per heavy atom. The van der Waals surface area contributed by atoms with Gasteiger partial charge in [-0.3, -0.25) is 9.48 Å². The minimum Gasteiger partial charge on any atom is -0.471 e. The number of rotatable bonds is 6. The molecule has 0 fully saturated rings. The molecule has 0 spiro atoms. The first-order valence-electron chi connectivity index (χ1n) is 8.12. The van der Waals surface area contributed by atoms with Crippen molar-refractivity contribution in [1.82, 2.24) is 24.9 Å². The van der Waals surface area contributed by atoms with Crippen LogP contribution in [0.3, 0.4) is 0 Å². The van der Waals surface area contributed by atoms with Gasteiger partial charge in [0.1, 0.15) is 11.4 Å². The Morgan fingerprint density at radius 2 is 2.04 bits per heavy atom. The summed E-state index contributed by atoms with van der Waals surface area (Å²) in [4.78, 5) is 12.2. The van der Waals surface area contributed by atoms with Crippen LogP contribution in [0.2, 0.25) is 5.02 Å². The number of nitrogens with zero attached hydrogens (tertiary/aromatic N) is 4. The van der Waals surface area contributed by atoms with E-state index in [9.17, 15) is 4.79 Å². The first-order chi connectivity index (χ1) is 12.4. The molecule has 3 rings (SSSR count). The Labute approximate surface area is 156 Å². The predicted molar refractivity (Wildman–Crippen MR) is 98.2 cm³/mol. The molecule has 2 heterocycles. The quantitative estimate of drug-likeness (QED) is 0.721. The van der Waals surface area contributed by atoms with Crippen LogP contribution in [0.4, 0.5) is 0 Å². The van der Waals surface area contributed by atoms with Crippen LogP contribution in [0, 0.1) is 13.8 Å². The van der Waals surface area contributed by atoms with Gasteiger partial charge in [0.25, 0.3) is 5.91 Å². The molecular weight excluding hydrogens is 354 g/mol. The van der Waals surface area contributed by atoms with E-state index in [1.807, 2.05) is 33.0 Å². The topological polar surface area (TPSA) is 74.0 Å². The van der Waals surface area contributed by atoms with Crippen LogP contribution in [0.25, 0.3) is 0 Å². The number of hydrogen-bond donors (Lipinski definition) is 1. The Morgan fingerprint density at radius 1 is 1.23 bits per heavy atom. The molecule has 1 aromatic carbocycles. The molecule has 8 heteroatoms. The Bertz CT molecular complexity index is 912. The fourth-order valence-corrected chi connectivity index (χ4v) is 2.50. The summed E-state index contributed by atoms with van der Waals surface area (Å²) >= 11 is 6.00. The van der Waals surface area contributed by atoms with Crippen molar-refractivity contribution in [1.29, 1.82) is 0 Å². The van der Waals surface area contributed by atoms with Gasteiger partial charge in [-0.2, -0.15) is 10.2 Å². The maximum absolute atomic E-state index is 12.2. The van der Waals surface area contributed by atoms with E-state index in [-0.39, 0.29) is 12.6 Å². The van der Waals surface area contributed by atoms with Gasteiger partial charge in [0.2, 0.25) is 0 Å². The number of halogens is 1. The number of amides is 1. The molecule has 0 aliphatic carbocycles. The number of ether oxygens (including phenoxy) is 1. The summed E-state index contributed by atoms with van der Waals surface area (Å²) in [5.41, 5.74) is 3.11. The number of hydrogen-bond acceptors (Lipinski definition) is 4. The highest BCUT2D eigenvalue weighted by Crippen LogP contribution is 2.21. The van der Waals surface area contributed by atoms with E-state index in [0.29, 0.717) is 23.0 Å². The van der Waals surface area contributed by atoms with Crippen molar-refractivity contribution >= 4 is 17.5 Å². The molecule has 1 amide bonds. The number of carbonyl (C=O) groups is 1. The molecule has 0 bridgehead atoms. The molecule has 0 aliphatic rings. The zero-order valence-corrected chi connectivity index (χ0v) is 15.6. The Hall–Kier alpha value is -2.80. The van der Waals surface area contributed by atoms with Gasteiger partial charge in [-0.1, -0.05) is 11.6 Å². The van der Waals surface area contributed by atoms with E-state index < -0.39 is 0 Å². The summed E-state index contributed by atoms with van der Waals surface area (Å²) in [5, 5.41) is 12.0. The van der Waals surface area contributed by atoms with Crippen LogP contribution in [0.5, 0.6) is 5.75 Å². The van der Waals surface area contributed by atoms with E-state index in [1.165, 1.54) is 0 Å². The van der Waals surface area contributed by atoms with E-state index in [4.69, 9.17) is 16.3 Å². The first kappa shape index (κ1) is 18.0. The molecule has 3 aromatic rings. The van der Waals surface area contributed by atoms with Crippen molar-refractivity contribution in [2.75, 3.05) is 0 Å². The third-order valence-electron chi connectivity index (χ3n) is 3.96.